The van der Waals surface area contributed by atoms with Crippen LogP contribution in [0.5, 0.6) is 0 Å². The molecule has 0 bridgehead atoms. The number of hydrogen-bond acceptors (Lipinski definition) is 4. The quantitative estimate of drug-likeness (QED) is 0.727. The number of anilines is 1. The van der Waals surface area contributed by atoms with Gasteiger partial charge in [-0.05, 0) is 30.7 Å². The molecule has 1 atom stereocenters. The van der Waals surface area contributed by atoms with Crippen LogP contribution in [0.1, 0.15) is 25.5 Å². The van der Waals surface area contributed by atoms with E-state index in [1.165, 1.54) is 0 Å². The summed E-state index contributed by atoms with van der Waals surface area (Å²) < 4.78 is 7.32. The van der Waals surface area contributed by atoms with Gasteiger partial charge in [0.25, 0.3) is 0 Å². The number of nitrogens with one attached hydrogen (secondary N) is 1. The standard InChI is InChI=1S/C20H22N4O3/c1-2-9-24-17-8-4-3-7-16(17)21-20(24)22-19(26)14-11-18(25)23(12-14)13-15-6-5-10-27-15/h3-8,10,14H,2,9,11-13H2,1H3,(H,21,22,26). The van der Waals surface area contributed by atoms with Crippen LogP contribution in [0.2, 0.25) is 0 Å². The van der Waals surface area contributed by atoms with Gasteiger partial charge in [0.15, 0.2) is 0 Å². The largest absolute Gasteiger partial charge is 0.467 e. The number of carbonyl (C=O) groups excluding carboxylic acids is 2. The summed E-state index contributed by atoms with van der Waals surface area (Å²) in [5.41, 5.74) is 1.85. The molecule has 0 aliphatic carbocycles. The van der Waals surface area contributed by atoms with Crippen molar-refractivity contribution in [3.05, 3.63) is 48.4 Å². The maximum atomic E-state index is 12.8. The van der Waals surface area contributed by atoms with Gasteiger partial charge in [-0.1, -0.05) is 19.1 Å². The predicted octanol–water partition coefficient (Wildman–Crippen LogP) is 3.03. The third-order valence-electron chi connectivity index (χ3n) is 4.85. The second-order valence-corrected chi connectivity index (χ2v) is 6.82. The second-order valence-electron chi connectivity index (χ2n) is 6.82. The van der Waals surface area contributed by atoms with Gasteiger partial charge in [0.05, 0.1) is 29.8 Å². The average molecular weight is 366 g/mol. The molecule has 1 fully saturated rings. The van der Waals surface area contributed by atoms with Crippen LogP contribution in [0.25, 0.3) is 11.0 Å². The number of benzene rings is 1. The lowest BCUT2D eigenvalue weighted by molar-refractivity contribution is -0.128. The Bertz CT molecular complexity index is 961. The Balaban J connectivity index is 1.49. The maximum Gasteiger partial charge on any atom is 0.232 e. The van der Waals surface area contributed by atoms with Crippen molar-refractivity contribution in [2.24, 2.45) is 5.92 Å². The highest BCUT2D eigenvalue weighted by Gasteiger charge is 2.35. The number of aromatic nitrogens is 2. The van der Waals surface area contributed by atoms with Crippen LogP contribution in [0.3, 0.4) is 0 Å². The smallest absolute Gasteiger partial charge is 0.232 e. The molecule has 1 saturated heterocycles. The fraction of sp³-hybridized carbons (Fsp3) is 0.350. The summed E-state index contributed by atoms with van der Waals surface area (Å²) >= 11 is 0. The summed E-state index contributed by atoms with van der Waals surface area (Å²) in [6.45, 7) is 3.64. The number of amides is 2. The van der Waals surface area contributed by atoms with E-state index in [4.69, 9.17) is 4.42 Å². The van der Waals surface area contributed by atoms with E-state index in [0.29, 0.717) is 24.8 Å². The number of carbonyl (C=O) groups is 2. The molecule has 0 saturated carbocycles. The van der Waals surface area contributed by atoms with Gasteiger partial charge in [-0.3, -0.25) is 14.9 Å². The Morgan fingerprint density at radius 1 is 1.30 bits per heavy atom. The first-order valence-corrected chi connectivity index (χ1v) is 9.22. The van der Waals surface area contributed by atoms with Crippen LogP contribution >= 0.6 is 0 Å². The number of para-hydroxylation sites is 2. The van der Waals surface area contributed by atoms with Crippen LogP contribution < -0.4 is 5.32 Å². The topological polar surface area (TPSA) is 80.4 Å². The fourth-order valence-electron chi connectivity index (χ4n) is 3.52. The summed E-state index contributed by atoms with van der Waals surface area (Å²) in [5.74, 6) is 0.669. The Morgan fingerprint density at radius 3 is 2.93 bits per heavy atom. The van der Waals surface area contributed by atoms with Gasteiger partial charge in [0.2, 0.25) is 17.8 Å². The van der Waals surface area contributed by atoms with Crippen molar-refractivity contribution in [2.45, 2.75) is 32.9 Å². The Morgan fingerprint density at radius 2 is 2.15 bits per heavy atom. The monoisotopic (exact) mass is 366 g/mol. The molecule has 1 aliphatic rings. The number of likely N-dealkylation sites (tertiary alicyclic amines) is 1. The lowest BCUT2D eigenvalue weighted by Crippen LogP contribution is -2.28. The zero-order chi connectivity index (χ0) is 18.8. The molecule has 2 amide bonds. The van der Waals surface area contributed by atoms with Gasteiger partial charge in [-0.15, -0.1) is 0 Å². The van der Waals surface area contributed by atoms with Gasteiger partial charge >= 0.3 is 0 Å². The van der Waals surface area contributed by atoms with E-state index < -0.39 is 0 Å². The van der Waals surface area contributed by atoms with Crippen LogP contribution in [0, 0.1) is 5.92 Å². The zero-order valence-electron chi connectivity index (χ0n) is 15.2. The predicted molar refractivity (Wildman–Crippen MR) is 101 cm³/mol. The van der Waals surface area contributed by atoms with Crippen molar-refractivity contribution in [1.82, 2.24) is 14.5 Å². The molecule has 7 heteroatoms. The molecule has 7 nitrogen and oxygen atoms in total. The SMILES string of the molecule is CCCn1c(NC(=O)C2CC(=O)N(Cc3ccco3)C2)nc2ccccc21. The number of hydrogen-bond donors (Lipinski definition) is 1. The molecule has 1 aliphatic heterocycles. The van der Waals surface area contributed by atoms with E-state index in [0.717, 1.165) is 24.0 Å². The molecule has 2 aromatic heterocycles. The van der Waals surface area contributed by atoms with E-state index in [2.05, 4.69) is 17.2 Å². The molecular formula is C20H22N4O3. The molecule has 0 radical (unpaired) electrons. The summed E-state index contributed by atoms with van der Waals surface area (Å²) in [4.78, 5) is 31.3. The van der Waals surface area contributed by atoms with Crippen molar-refractivity contribution >= 4 is 28.8 Å². The first-order valence-electron chi connectivity index (χ1n) is 9.22. The molecule has 1 aromatic carbocycles. The number of fused-ring (bicyclic) bond motifs is 1. The molecule has 27 heavy (non-hydrogen) atoms. The summed E-state index contributed by atoms with van der Waals surface area (Å²) in [5, 5.41) is 2.94. The first kappa shape index (κ1) is 17.3. The lowest BCUT2D eigenvalue weighted by Gasteiger charge is -2.15. The Hall–Kier alpha value is -3.09. The van der Waals surface area contributed by atoms with Crippen LogP contribution in [-0.4, -0.2) is 32.8 Å². The molecule has 1 N–H and O–H groups in total. The van der Waals surface area contributed by atoms with Gasteiger partial charge in [-0.2, -0.15) is 0 Å². The van der Waals surface area contributed by atoms with E-state index >= 15 is 0 Å². The number of furan rings is 1. The highest BCUT2D eigenvalue weighted by Crippen LogP contribution is 2.24. The average Bonchev–Trinajstić information content (AvgIpc) is 3.37. The zero-order valence-corrected chi connectivity index (χ0v) is 15.2. The van der Waals surface area contributed by atoms with Crippen molar-refractivity contribution < 1.29 is 14.0 Å². The van der Waals surface area contributed by atoms with Crippen LogP contribution in [0.4, 0.5) is 5.95 Å². The maximum absolute atomic E-state index is 12.8. The molecular weight excluding hydrogens is 344 g/mol. The van der Waals surface area contributed by atoms with Crippen molar-refractivity contribution in [3.8, 4) is 0 Å². The Labute approximate surface area is 157 Å². The van der Waals surface area contributed by atoms with E-state index in [1.807, 2.05) is 34.9 Å². The highest BCUT2D eigenvalue weighted by atomic mass is 16.3. The van der Waals surface area contributed by atoms with Gasteiger partial charge in [0, 0.05) is 19.5 Å². The van der Waals surface area contributed by atoms with Crippen molar-refractivity contribution in [3.63, 3.8) is 0 Å². The molecule has 1 unspecified atom stereocenters. The van der Waals surface area contributed by atoms with Crippen LogP contribution in [-0.2, 0) is 22.7 Å². The third-order valence-corrected chi connectivity index (χ3v) is 4.85. The lowest BCUT2D eigenvalue weighted by atomic mass is 10.1. The number of aryl methyl sites for hydroxylation is 1. The van der Waals surface area contributed by atoms with Gasteiger partial charge < -0.3 is 13.9 Å². The first-order chi connectivity index (χ1) is 13.2. The number of nitrogens with zero attached hydrogens (tertiary/aromatic N) is 3. The molecule has 3 aromatic rings. The second kappa shape index (κ2) is 7.26. The van der Waals surface area contributed by atoms with E-state index in [1.54, 1.807) is 17.2 Å². The van der Waals surface area contributed by atoms with E-state index in [9.17, 15) is 9.59 Å². The summed E-state index contributed by atoms with van der Waals surface area (Å²) in [7, 11) is 0. The van der Waals surface area contributed by atoms with Crippen LogP contribution in [0.15, 0.2) is 47.1 Å². The van der Waals surface area contributed by atoms with Gasteiger partial charge in [0.1, 0.15) is 5.76 Å². The normalized spacial score (nSPS) is 17.0. The minimum absolute atomic E-state index is 0.0337. The minimum Gasteiger partial charge on any atom is -0.467 e. The number of rotatable bonds is 6. The molecule has 0 spiro atoms. The number of imidazole rings is 1. The molecule has 140 valence electrons. The van der Waals surface area contributed by atoms with Crippen molar-refractivity contribution in [1.29, 1.82) is 0 Å². The van der Waals surface area contributed by atoms with Crippen molar-refractivity contribution in [2.75, 3.05) is 11.9 Å². The van der Waals surface area contributed by atoms with E-state index in [-0.39, 0.29) is 24.2 Å². The Kier molecular flexibility index (Phi) is 4.66. The fourth-order valence-corrected chi connectivity index (χ4v) is 3.52. The molecule has 4 rings (SSSR count). The highest BCUT2D eigenvalue weighted by molar-refractivity contribution is 5.97. The van der Waals surface area contributed by atoms with Gasteiger partial charge in [-0.25, -0.2) is 4.98 Å². The minimum atomic E-state index is -0.387. The summed E-state index contributed by atoms with van der Waals surface area (Å²) in [6.07, 6.45) is 2.72. The summed E-state index contributed by atoms with van der Waals surface area (Å²) in [6, 6.07) is 11.4. The third kappa shape index (κ3) is 3.45. The molecule has 3 heterocycles.